The number of esters is 1. The van der Waals surface area contributed by atoms with E-state index in [9.17, 15) is 4.79 Å². The highest BCUT2D eigenvalue weighted by molar-refractivity contribution is 5.84. The Bertz CT molecular complexity index is 484. The van der Waals surface area contributed by atoms with E-state index in [1.165, 1.54) is 0 Å². The molecule has 2 aliphatic rings. The largest absolute Gasteiger partial charge is 0.460 e. The Morgan fingerprint density at radius 1 is 1.43 bits per heavy atom. The van der Waals surface area contributed by atoms with Gasteiger partial charge in [-0.15, -0.1) is 0 Å². The molecule has 7 nitrogen and oxygen atoms in total. The maximum absolute atomic E-state index is 11.6. The number of carbonyl (C=O) groups excluding carboxylic acids is 1. The Labute approximate surface area is 124 Å². The predicted molar refractivity (Wildman–Crippen MR) is 74.8 cm³/mol. The van der Waals surface area contributed by atoms with Crippen LogP contribution in [-0.2, 0) is 4.74 Å². The monoisotopic (exact) mass is 294 g/mol. The van der Waals surface area contributed by atoms with Crippen LogP contribution in [0.5, 0.6) is 0 Å². The van der Waals surface area contributed by atoms with Gasteiger partial charge in [0.1, 0.15) is 0 Å². The molecular weight excluding hydrogens is 272 g/mol. The Morgan fingerprint density at radius 3 is 3.00 bits per heavy atom. The zero-order valence-electron chi connectivity index (χ0n) is 12.4. The van der Waals surface area contributed by atoms with E-state index in [1.54, 1.807) is 6.92 Å². The van der Waals surface area contributed by atoms with Gasteiger partial charge in [-0.05, 0) is 57.4 Å². The lowest BCUT2D eigenvalue weighted by molar-refractivity contribution is 0.0508. The summed E-state index contributed by atoms with van der Waals surface area (Å²) >= 11 is 0. The fourth-order valence-corrected chi connectivity index (χ4v) is 3.28. The van der Waals surface area contributed by atoms with Crippen molar-refractivity contribution < 1.29 is 14.1 Å². The maximum atomic E-state index is 11.6. The van der Waals surface area contributed by atoms with Gasteiger partial charge < -0.3 is 14.6 Å². The number of nitrogens with zero attached hydrogens (tertiary/aromatic N) is 3. The number of rotatable bonds is 4. The minimum atomic E-state index is -0.515. The van der Waals surface area contributed by atoms with Gasteiger partial charge in [0.2, 0.25) is 5.89 Å². The Morgan fingerprint density at radius 2 is 2.24 bits per heavy atom. The van der Waals surface area contributed by atoms with Gasteiger partial charge in [0.05, 0.1) is 12.6 Å². The second-order valence-corrected chi connectivity index (χ2v) is 5.55. The fourth-order valence-electron chi connectivity index (χ4n) is 3.28. The third-order valence-corrected chi connectivity index (χ3v) is 4.26. The van der Waals surface area contributed by atoms with E-state index in [4.69, 9.17) is 9.26 Å². The van der Waals surface area contributed by atoms with Crippen LogP contribution in [-0.4, -0.2) is 53.3 Å². The van der Waals surface area contributed by atoms with Gasteiger partial charge in [-0.3, -0.25) is 4.90 Å². The third kappa shape index (κ3) is 3.08. The second kappa shape index (κ2) is 6.53. The number of hydrogen-bond donors (Lipinski definition) is 1. The lowest BCUT2D eigenvalue weighted by Gasteiger charge is -2.34. The first-order chi connectivity index (χ1) is 10.3. The Hall–Kier alpha value is -1.47. The van der Waals surface area contributed by atoms with Gasteiger partial charge in [-0.1, -0.05) is 0 Å². The molecular formula is C14H22N4O3. The first kappa shape index (κ1) is 14.5. The molecule has 1 aromatic heterocycles. The lowest BCUT2D eigenvalue weighted by atomic mass is 10.0. The predicted octanol–water partition coefficient (Wildman–Crippen LogP) is 1.14. The topological polar surface area (TPSA) is 80.5 Å². The van der Waals surface area contributed by atoms with Crippen LogP contribution in [0.1, 0.15) is 55.2 Å². The Balaban J connectivity index is 1.71. The molecule has 116 valence electrons. The van der Waals surface area contributed by atoms with Crippen molar-refractivity contribution in [1.29, 1.82) is 0 Å². The van der Waals surface area contributed by atoms with Crippen molar-refractivity contribution in [2.75, 3.05) is 26.2 Å². The molecule has 2 saturated heterocycles. The van der Waals surface area contributed by atoms with Crippen LogP contribution in [0.2, 0.25) is 0 Å². The van der Waals surface area contributed by atoms with Gasteiger partial charge >= 0.3 is 5.97 Å². The normalized spacial score (nSPS) is 24.3. The van der Waals surface area contributed by atoms with Crippen molar-refractivity contribution in [3.05, 3.63) is 11.7 Å². The lowest BCUT2D eigenvalue weighted by Crippen LogP contribution is -2.42. The smallest absolute Gasteiger partial charge is 0.379 e. The van der Waals surface area contributed by atoms with E-state index in [-0.39, 0.29) is 11.9 Å². The van der Waals surface area contributed by atoms with Crippen molar-refractivity contribution in [1.82, 2.24) is 20.4 Å². The maximum Gasteiger partial charge on any atom is 0.379 e. The van der Waals surface area contributed by atoms with Crippen LogP contribution in [0.15, 0.2) is 4.52 Å². The van der Waals surface area contributed by atoms with Crippen LogP contribution < -0.4 is 5.32 Å². The molecule has 1 aromatic rings. The number of hydrogen-bond acceptors (Lipinski definition) is 7. The molecule has 0 aliphatic carbocycles. The molecule has 2 aliphatic heterocycles. The molecule has 0 aromatic carbocycles. The van der Waals surface area contributed by atoms with Crippen LogP contribution >= 0.6 is 0 Å². The highest BCUT2D eigenvalue weighted by Gasteiger charge is 2.36. The molecule has 0 radical (unpaired) electrons. The average molecular weight is 294 g/mol. The summed E-state index contributed by atoms with van der Waals surface area (Å²) in [6, 6.07) is 0.709. The van der Waals surface area contributed by atoms with E-state index >= 15 is 0 Å². The summed E-state index contributed by atoms with van der Waals surface area (Å²) in [6.45, 7) is 5.26. The van der Waals surface area contributed by atoms with E-state index in [2.05, 4.69) is 20.4 Å². The van der Waals surface area contributed by atoms with Crippen LogP contribution in [0.3, 0.4) is 0 Å². The molecule has 1 atom stereocenters. The number of nitrogens with one attached hydrogen (secondary N) is 1. The van der Waals surface area contributed by atoms with Gasteiger partial charge in [-0.2, -0.15) is 4.98 Å². The Kier molecular flexibility index (Phi) is 4.50. The summed E-state index contributed by atoms with van der Waals surface area (Å²) in [7, 11) is 0. The van der Waals surface area contributed by atoms with Crippen LogP contribution in [0.4, 0.5) is 0 Å². The zero-order chi connectivity index (χ0) is 14.7. The second-order valence-electron chi connectivity index (χ2n) is 5.55. The van der Waals surface area contributed by atoms with E-state index in [0.29, 0.717) is 18.5 Å². The van der Waals surface area contributed by atoms with Crippen molar-refractivity contribution in [3.63, 3.8) is 0 Å². The molecule has 0 saturated carbocycles. The molecule has 2 fully saturated rings. The molecule has 21 heavy (non-hydrogen) atoms. The summed E-state index contributed by atoms with van der Waals surface area (Å²) in [6.07, 6.45) is 4.44. The van der Waals surface area contributed by atoms with E-state index in [1.807, 2.05) is 0 Å². The molecule has 3 heterocycles. The van der Waals surface area contributed by atoms with Crippen molar-refractivity contribution >= 4 is 5.97 Å². The van der Waals surface area contributed by atoms with Gasteiger partial charge in [-0.25, -0.2) is 4.79 Å². The molecule has 1 N–H and O–H groups in total. The highest BCUT2D eigenvalue weighted by atomic mass is 16.5. The van der Waals surface area contributed by atoms with E-state index < -0.39 is 5.97 Å². The fraction of sp³-hybridized carbons (Fsp3) is 0.786. The van der Waals surface area contributed by atoms with Crippen molar-refractivity contribution in [2.24, 2.45) is 0 Å². The highest BCUT2D eigenvalue weighted by Crippen LogP contribution is 2.34. The molecule has 0 bridgehead atoms. The number of ether oxygens (including phenoxy) is 1. The average Bonchev–Trinajstić information content (AvgIpc) is 3.17. The zero-order valence-corrected chi connectivity index (χ0v) is 12.4. The van der Waals surface area contributed by atoms with Gasteiger partial charge in [0.15, 0.2) is 0 Å². The molecule has 3 rings (SSSR count). The summed E-state index contributed by atoms with van der Waals surface area (Å²) in [5.74, 6) is 0.0667. The molecule has 0 amide bonds. The standard InChI is InChI=1S/C14H22N4O3/c1-2-20-14(19)12-16-13(21-17-12)11-4-3-9-18(11)10-5-7-15-8-6-10/h10-11,15H,2-9H2,1H3. The third-order valence-electron chi connectivity index (χ3n) is 4.26. The molecule has 7 heteroatoms. The van der Waals surface area contributed by atoms with Crippen molar-refractivity contribution in [2.45, 2.75) is 44.7 Å². The minimum absolute atomic E-state index is 0.0315. The number of piperidine rings is 1. The molecule has 1 unspecified atom stereocenters. The van der Waals surface area contributed by atoms with E-state index in [0.717, 1.165) is 45.3 Å². The number of carbonyl (C=O) groups is 1. The summed E-state index contributed by atoms with van der Waals surface area (Å²) in [5, 5.41) is 7.15. The SMILES string of the molecule is CCOC(=O)c1noc(C2CCCN2C2CCNCC2)n1. The number of aromatic nitrogens is 2. The van der Waals surface area contributed by atoms with Crippen LogP contribution in [0.25, 0.3) is 0 Å². The number of likely N-dealkylation sites (tertiary alicyclic amines) is 1. The first-order valence-electron chi connectivity index (χ1n) is 7.76. The van der Waals surface area contributed by atoms with Gasteiger partial charge in [0, 0.05) is 6.04 Å². The van der Waals surface area contributed by atoms with Gasteiger partial charge in [0.25, 0.3) is 5.82 Å². The summed E-state index contributed by atoms with van der Waals surface area (Å²) in [5.41, 5.74) is 0. The first-order valence-corrected chi connectivity index (χ1v) is 7.76. The summed E-state index contributed by atoms with van der Waals surface area (Å²) in [4.78, 5) is 18.3. The molecule has 0 spiro atoms. The van der Waals surface area contributed by atoms with Crippen LogP contribution in [0, 0.1) is 0 Å². The van der Waals surface area contributed by atoms with Crippen molar-refractivity contribution in [3.8, 4) is 0 Å². The summed E-state index contributed by atoms with van der Waals surface area (Å²) < 4.78 is 10.2. The quantitative estimate of drug-likeness (QED) is 0.834. The minimum Gasteiger partial charge on any atom is -0.460 e.